The number of nitrogens with zero attached hydrogens (tertiary/aromatic N) is 1. The van der Waals surface area contributed by atoms with Crippen molar-refractivity contribution in [3.05, 3.63) is 45.6 Å². The summed E-state index contributed by atoms with van der Waals surface area (Å²) in [5, 5.41) is 10.0. The van der Waals surface area contributed by atoms with Crippen LogP contribution in [0.15, 0.2) is 24.3 Å². The molecule has 4 nitrogen and oxygen atoms in total. The van der Waals surface area contributed by atoms with Crippen molar-refractivity contribution in [1.82, 2.24) is 10.2 Å². The van der Waals surface area contributed by atoms with Crippen molar-refractivity contribution in [3.8, 4) is 0 Å². The summed E-state index contributed by atoms with van der Waals surface area (Å²) in [5.41, 5.74) is 1.30. The van der Waals surface area contributed by atoms with E-state index in [1.54, 1.807) is 18.2 Å². The number of benzene rings is 1. The minimum Gasteiger partial charge on any atom is -0.305 e. The molecule has 0 saturated carbocycles. The summed E-state index contributed by atoms with van der Waals surface area (Å²) < 4.78 is 0. The van der Waals surface area contributed by atoms with Crippen LogP contribution in [0, 0.1) is 6.92 Å². The van der Waals surface area contributed by atoms with Crippen molar-refractivity contribution >= 4 is 34.9 Å². The minimum atomic E-state index is -0.282. The largest absolute Gasteiger partial charge is 0.305 e. The minimum absolute atomic E-state index is 0.282. The Labute approximate surface area is 108 Å². The van der Waals surface area contributed by atoms with Crippen molar-refractivity contribution < 1.29 is 4.79 Å². The third kappa shape index (κ3) is 2.78. The maximum absolute atomic E-state index is 11.8. The zero-order chi connectivity index (χ0) is 12.4. The first-order valence-corrected chi connectivity index (χ1v) is 5.60. The molecule has 1 heterocycles. The molecule has 0 fully saturated rings. The number of halogens is 2. The Hall–Kier alpha value is -1.52. The fraction of sp³-hybridized carbons (Fsp3) is 0.0909. The number of nitrogens with one attached hydrogen (secondary N) is 2. The Balaban J connectivity index is 2.17. The van der Waals surface area contributed by atoms with Crippen molar-refractivity contribution in [2.75, 3.05) is 5.32 Å². The summed E-state index contributed by atoms with van der Waals surface area (Å²) >= 11 is 11.6. The summed E-state index contributed by atoms with van der Waals surface area (Å²) in [6.45, 7) is 1.85. The van der Waals surface area contributed by atoms with Crippen LogP contribution in [0.3, 0.4) is 0 Å². The van der Waals surface area contributed by atoms with Crippen LogP contribution in [0.2, 0.25) is 10.0 Å². The molecule has 0 atom stereocenters. The number of amides is 1. The third-order valence-corrected chi connectivity index (χ3v) is 2.87. The Kier molecular flexibility index (Phi) is 3.36. The maximum Gasteiger partial charge on any atom is 0.256 e. The van der Waals surface area contributed by atoms with Crippen LogP contribution < -0.4 is 5.32 Å². The molecule has 1 amide bonds. The molecular weight excluding hydrogens is 261 g/mol. The standard InChI is InChI=1S/C11H9Cl2N3O/c1-6-4-10(16-15-6)14-11(17)7-2-3-8(12)9(13)5-7/h2-5H,1H3,(H2,14,15,16,17). The lowest BCUT2D eigenvalue weighted by Gasteiger charge is -2.03. The van der Waals surface area contributed by atoms with Crippen LogP contribution in [-0.2, 0) is 0 Å². The molecule has 6 heteroatoms. The van der Waals surface area contributed by atoms with Crippen LogP contribution in [0.25, 0.3) is 0 Å². The Morgan fingerprint density at radius 2 is 2.06 bits per heavy atom. The van der Waals surface area contributed by atoms with Gasteiger partial charge in [0.1, 0.15) is 0 Å². The van der Waals surface area contributed by atoms with Gasteiger partial charge in [-0.3, -0.25) is 9.89 Å². The average molecular weight is 270 g/mol. The molecule has 0 aliphatic carbocycles. The lowest BCUT2D eigenvalue weighted by Crippen LogP contribution is -2.12. The van der Waals surface area contributed by atoms with E-state index in [0.717, 1.165) is 5.69 Å². The van der Waals surface area contributed by atoms with Crippen LogP contribution >= 0.6 is 23.2 Å². The van der Waals surface area contributed by atoms with E-state index in [9.17, 15) is 4.79 Å². The number of hydrogen-bond acceptors (Lipinski definition) is 2. The molecule has 0 radical (unpaired) electrons. The van der Waals surface area contributed by atoms with Crippen LogP contribution in [0.1, 0.15) is 16.1 Å². The molecule has 1 aromatic carbocycles. The maximum atomic E-state index is 11.8. The van der Waals surface area contributed by atoms with Gasteiger partial charge in [0.05, 0.1) is 10.0 Å². The molecule has 0 spiro atoms. The molecule has 0 aliphatic heterocycles. The van der Waals surface area contributed by atoms with Gasteiger partial charge >= 0.3 is 0 Å². The van der Waals surface area contributed by atoms with Gasteiger partial charge in [0, 0.05) is 17.3 Å². The monoisotopic (exact) mass is 269 g/mol. The van der Waals surface area contributed by atoms with Crippen molar-refractivity contribution in [1.29, 1.82) is 0 Å². The van der Waals surface area contributed by atoms with E-state index in [4.69, 9.17) is 23.2 Å². The number of carbonyl (C=O) groups is 1. The first-order valence-electron chi connectivity index (χ1n) is 4.84. The quantitative estimate of drug-likeness (QED) is 0.879. The van der Waals surface area contributed by atoms with Gasteiger partial charge in [-0.2, -0.15) is 5.10 Å². The number of carbonyl (C=O) groups excluding carboxylic acids is 1. The highest BCUT2D eigenvalue weighted by molar-refractivity contribution is 6.42. The van der Waals surface area contributed by atoms with Gasteiger partial charge in [-0.1, -0.05) is 23.2 Å². The third-order valence-electron chi connectivity index (χ3n) is 2.13. The van der Waals surface area contributed by atoms with Gasteiger partial charge in [-0.05, 0) is 25.1 Å². The highest BCUT2D eigenvalue weighted by Crippen LogP contribution is 2.22. The van der Waals surface area contributed by atoms with Gasteiger partial charge in [-0.25, -0.2) is 0 Å². The molecule has 0 bridgehead atoms. The summed E-state index contributed by atoms with van der Waals surface area (Å²) in [6.07, 6.45) is 0. The number of hydrogen-bond donors (Lipinski definition) is 2. The molecule has 88 valence electrons. The van der Waals surface area contributed by atoms with E-state index in [1.165, 1.54) is 6.07 Å². The summed E-state index contributed by atoms with van der Waals surface area (Å²) in [6, 6.07) is 6.42. The highest BCUT2D eigenvalue weighted by atomic mass is 35.5. The van der Waals surface area contributed by atoms with Gasteiger partial charge in [0.25, 0.3) is 5.91 Å². The number of H-pyrrole nitrogens is 1. The van der Waals surface area contributed by atoms with Crippen LogP contribution in [0.5, 0.6) is 0 Å². The van der Waals surface area contributed by atoms with Crippen LogP contribution in [0.4, 0.5) is 5.82 Å². The predicted molar refractivity (Wildman–Crippen MR) is 67.7 cm³/mol. The molecule has 2 aromatic rings. The first-order chi connectivity index (χ1) is 8.06. The van der Waals surface area contributed by atoms with E-state index in [0.29, 0.717) is 21.4 Å². The smallest absolute Gasteiger partial charge is 0.256 e. The number of aryl methyl sites for hydroxylation is 1. The zero-order valence-corrected chi connectivity index (χ0v) is 10.4. The molecular formula is C11H9Cl2N3O. The Morgan fingerprint density at radius 3 is 2.65 bits per heavy atom. The van der Waals surface area contributed by atoms with Gasteiger partial charge < -0.3 is 5.32 Å². The van der Waals surface area contributed by atoms with Crippen molar-refractivity contribution in [3.63, 3.8) is 0 Å². The summed E-state index contributed by atoms with van der Waals surface area (Å²) in [7, 11) is 0. The number of anilines is 1. The fourth-order valence-corrected chi connectivity index (χ4v) is 1.61. The molecule has 0 aliphatic rings. The normalized spacial score (nSPS) is 10.3. The lowest BCUT2D eigenvalue weighted by molar-refractivity contribution is 0.102. The molecule has 2 N–H and O–H groups in total. The summed E-state index contributed by atoms with van der Waals surface area (Å²) in [5.74, 6) is 0.189. The Bertz CT molecular complexity index is 566. The topological polar surface area (TPSA) is 57.8 Å². The van der Waals surface area contributed by atoms with Gasteiger partial charge in [-0.15, -0.1) is 0 Å². The van der Waals surface area contributed by atoms with Crippen molar-refractivity contribution in [2.24, 2.45) is 0 Å². The predicted octanol–water partition coefficient (Wildman–Crippen LogP) is 3.28. The number of aromatic nitrogens is 2. The van der Waals surface area contributed by atoms with Gasteiger partial charge in [0.15, 0.2) is 5.82 Å². The second-order valence-corrected chi connectivity index (χ2v) is 4.33. The second-order valence-electron chi connectivity index (χ2n) is 3.52. The highest BCUT2D eigenvalue weighted by Gasteiger charge is 2.09. The lowest BCUT2D eigenvalue weighted by atomic mass is 10.2. The zero-order valence-electron chi connectivity index (χ0n) is 8.92. The summed E-state index contributed by atoms with van der Waals surface area (Å²) in [4.78, 5) is 11.8. The average Bonchev–Trinajstić information content (AvgIpc) is 2.68. The second kappa shape index (κ2) is 4.77. The van der Waals surface area contributed by atoms with Gasteiger partial charge in [0.2, 0.25) is 0 Å². The molecule has 0 saturated heterocycles. The first kappa shape index (κ1) is 12.0. The number of aromatic amines is 1. The molecule has 2 rings (SSSR count). The Morgan fingerprint density at radius 1 is 1.29 bits per heavy atom. The van der Waals surface area contributed by atoms with E-state index < -0.39 is 0 Å². The van der Waals surface area contributed by atoms with E-state index in [2.05, 4.69) is 15.5 Å². The molecule has 1 aromatic heterocycles. The van der Waals surface area contributed by atoms with E-state index in [1.807, 2.05) is 6.92 Å². The van der Waals surface area contributed by atoms with Crippen LogP contribution in [-0.4, -0.2) is 16.1 Å². The molecule has 0 unspecified atom stereocenters. The van der Waals surface area contributed by atoms with E-state index in [-0.39, 0.29) is 5.91 Å². The molecule has 17 heavy (non-hydrogen) atoms. The number of rotatable bonds is 2. The van der Waals surface area contributed by atoms with Crippen molar-refractivity contribution in [2.45, 2.75) is 6.92 Å². The van der Waals surface area contributed by atoms with E-state index >= 15 is 0 Å². The fourth-order valence-electron chi connectivity index (χ4n) is 1.31. The SMILES string of the molecule is Cc1cc(NC(=O)c2ccc(Cl)c(Cl)c2)n[nH]1.